The van der Waals surface area contributed by atoms with Crippen LogP contribution in [0.5, 0.6) is 0 Å². The zero-order chi connectivity index (χ0) is 19.9. The van der Waals surface area contributed by atoms with Gasteiger partial charge in [-0.3, -0.25) is 14.2 Å². The number of amides is 2. The van der Waals surface area contributed by atoms with Crippen molar-refractivity contribution in [3.8, 4) is 0 Å². The average Bonchev–Trinajstić information content (AvgIpc) is 3.23. The van der Waals surface area contributed by atoms with Crippen LogP contribution in [-0.2, 0) is 20.9 Å². The van der Waals surface area contributed by atoms with E-state index in [-0.39, 0.29) is 36.4 Å². The third-order valence-electron chi connectivity index (χ3n) is 5.54. The molecule has 3 atom stereocenters. The number of likely N-dealkylation sites (tertiary alicyclic amines) is 1. The summed E-state index contributed by atoms with van der Waals surface area (Å²) in [5.74, 6) is -0.0437. The van der Waals surface area contributed by atoms with Gasteiger partial charge in [-0.25, -0.2) is 9.78 Å². The molecule has 1 aromatic rings. The third kappa shape index (κ3) is 5.19. The molecule has 2 amide bonds. The molecule has 0 bridgehead atoms. The normalized spacial score (nSPS) is 24.9. The lowest BCUT2D eigenvalue weighted by atomic mass is 9.82. The molecule has 1 saturated heterocycles. The maximum atomic E-state index is 12.8. The molecule has 1 saturated carbocycles. The number of hydrogen-bond acceptors (Lipinski definition) is 5. The molecular formula is C20H30N4O4. The minimum absolute atomic E-state index is 0.0333. The van der Waals surface area contributed by atoms with E-state index in [0.717, 1.165) is 38.8 Å². The van der Waals surface area contributed by atoms with E-state index in [0.29, 0.717) is 19.4 Å². The lowest BCUT2D eigenvalue weighted by molar-refractivity contribution is -0.138. The predicted molar refractivity (Wildman–Crippen MR) is 104 cm³/mol. The maximum Gasteiger partial charge on any atom is 0.347 e. The molecule has 3 rings (SSSR count). The zero-order valence-corrected chi connectivity index (χ0v) is 16.5. The molecule has 1 aromatic heterocycles. The van der Waals surface area contributed by atoms with Gasteiger partial charge in [-0.15, -0.1) is 0 Å². The van der Waals surface area contributed by atoms with Crippen LogP contribution in [0.2, 0.25) is 0 Å². The van der Waals surface area contributed by atoms with Crippen LogP contribution in [0.1, 0.15) is 45.4 Å². The van der Waals surface area contributed by atoms with Gasteiger partial charge in [0.15, 0.2) is 0 Å². The van der Waals surface area contributed by atoms with Crippen molar-refractivity contribution >= 4 is 11.8 Å². The van der Waals surface area contributed by atoms with Crippen LogP contribution >= 0.6 is 0 Å². The first-order valence-electron chi connectivity index (χ1n) is 10.3. The van der Waals surface area contributed by atoms with E-state index in [9.17, 15) is 14.4 Å². The predicted octanol–water partition coefficient (Wildman–Crippen LogP) is 0.946. The van der Waals surface area contributed by atoms with Gasteiger partial charge < -0.3 is 15.0 Å². The van der Waals surface area contributed by atoms with Gasteiger partial charge in [-0.05, 0) is 44.6 Å². The summed E-state index contributed by atoms with van der Waals surface area (Å²) in [6.45, 7) is 4.29. The molecule has 1 aliphatic carbocycles. The lowest BCUT2D eigenvalue weighted by Gasteiger charge is -2.37. The van der Waals surface area contributed by atoms with Crippen LogP contribution in [0.15, 0.2) is 23.3 Å². The summed E-state index contributed by atoms with van der Waals surface area (Å²) in [6, 6.07) is 1.48. The molecule has 28 heavy (non-hydrogen) atoms. The molecule has 0 unspecified atom stereocenters. The summed E-state index contributed by atoms with van der Waals surface area (Å²) < 4.78 is 7.27. The minimum Gasteiger partial charge on any atom is -0.376 e. The van der Waals surface area contributed by atoms with Gasteiger partial charge >= 0.3 is 5.69 Å². The first kappa shape index (κ1) is 20.5. The Morgan fingerprint density at radius 3 is 2.79 bits per heavy atom. The van der Waals surface area contributed by atoms with Gasteiger partial charge in [0, 0.05) is 38.0 Å². The second-order valence-electron chi connectivity index (χ2n) is 7.66. The van der Waals surface area contributed by atoms with Crippen LogP contribution in [-0.4, -0.2) is 58.1 Å². The number of nitrogens with zero attached hydrogens (tertiary/aromatic N) is 3. The standard InChI is InChI=1S/C20H30N4O4/c1-2-12-28-17-13-15(19(26)23-9-3-4-10-23)6-7-16(17)22-18(25)14-24-11-5-8-21-20(24)27/h5,8,11,15-17H,2-4,6-7,9-10,12-14H2,1H3,(H,22,25)/t15-,16-,17-/m0/s1. The molecule has 2 aliphatic rings. The molecule has 0 aromatic carbocycles. The third-order valence-corrected chi connectivity index (χ3v) is 5.54. The smallest absolute Gasteiger partial charge is 0.347 e. The highest BCUT2D eigenvalue weighted by molar-refractivity contribution is 5.79. The van der Waals surface area contributed by atoms with Gasteiger partial charge in [-0.2, -0.15) is 0 Å². The molecule has 0 spiro atoms. The Morgan fingerprint density at radius 2 is 2.07 bits per heavy atom. The van der Waals surface area contributed by atoms with Crippen molar-refractivity contribution in [2.75, 3.05) is 19.7 Å². The number of aromatic nitrogens is 2. The summed E-state index contributed by atoms with van der Waals surface area (Å²) in [6.07, 6.45) is 7.90. The van der Waals surface area contributed by atoms with E-state index in [1.54, 1.807) is 12.3 Å². The van der Waals surface area contributed by atoms with Crippen molar-refractivity contribution in [1.82, 2.24) is 19.8 Å². The molecule has 0 radical (unpaired) electrons. The zero-order valence-electron chi connectivity index (χ0n) is 16.5. The van der Waals surface area contributed by atoms with Crippen molar-refractivity contribution in [3.63, 3.8) is 0 Å². The number of rotatable bonds is 7. The van der Waals surface area contributed by atoms with Crippen LogP contribution in [0, 0.1) is 5.92 Å². The molecule has 1 N–H and O–H groups in total. The Labute approximate surface area is 165 Å². The molecular weight excluding hydrogens is 360 g/mol. The summed E-state index contributed by atoms with van der Waals surface area (Å²) >= 11 is 0. The first-order valence-corrected chi connectivity index (χ1v) is 10.3. The Morgan fingerprint density at radius 1 is 1.29 bits per heavy atom. The van der Waals surface area contributed by atoms with Crippen molar-refractivity contribution < 1.29 is 14.3 Å². The van der Waals surface area contributed by atoms with Gasteiger partial charge in [0.25, 0.3) is 0 Å². The highest BCUT2D eigenvalue weighted by atomic mass is 16.5. The number of carbonyl (C=O) groups is 2. The molecule has 8 heteroatoms. The summed E-state index contributed by atoms with van der Waals surface area (Å²) in [5.41, 5.74) is -0.448. The molecule has 8 nitrogen and oxygen atoms in total. The quantitative estimate of drug-likeness (QED) is 0.748. The van der Waals surface area contributed by atoms with E-state index in [4.69, 9.17) is 4.74 Å². The van der Waals surface area contributed by atoms with Crippen LogP contribution < -0.4 is 11.0 Å². The van der Waals surface area contributed by atoms with Crippen molar-refractivity contribution in [2.24, 2.45) is 5.92 Å². The number of ether oxygens (including phenoxy) is 1. The van der Waals surface area contributed by atoms with E-state index in [1.165, 1.54) is 10.8 Å². The fraction of sp³-hybridized carbons (Fsp3) is 0.700. The largest absolute Gasteiger partial charge is 0.376 e. The van der Waals surface area contributed by atoms with Gasteiger partial charge in [0.05, 0.1) is 12.1 Å². The summed E-state index contributed by atoms with van der Waals surface area (Å²) in [7, 11) is 0. The van der Waals surface area contributed by atoms with Gasteiger partial charge in [0.2, 0.25) is 11.8 Å². The Bertz CT molecular complexity index is 729. The molecule has 1 aliphatic heterocycles. The van der Waals surface area contributed by atoms with Crippen LogP contribution in [0.4, 0.5) is 0 Å². The first-order chi connectivity index (χ1) is 13.6. The van der Waals surface area contributed by atoms with Gasteiger partial charge in [0.1, 0.15) is 6.54 Å². The highest BCUT2D eigenvalue weighted by Crippen LogP contribution is 2.29. The topological polar surface area (TPSA) is 93.5 Å². The van der Waals surface area contributed by atoms with Crippen LogP contribution in [0.25, 0.3) is 0 Å². The van der Waals surface area contributed by atoms with E-state index < -0.39 is 5.69 Å². The number of hydrogen-bond donors (Lipinski definition) is 1. The minimum atomic E-state index is -0.448. The number of carbonyl (C=O) groups excluding carboxylic acids is 2. The van der Waals surface area contributed by atoms with Crippen LogP contribution in [0.3, 0.4) is 0 Å². The second-order valence-corrected chi connectivity index (χ2v) is 7.66. The SMILES string of the molecule is CCCO[C@H]1C[C@@H](C(=O)N2CCCC2)CC[C@@H]1NC(=O)Cn1cccnc1=O. The molecule has 154 valence electrons. The number of nitrogens with one attached hydrogen (secondary N) is 1. The van der Waals surface area contributed by atoms with E-state index in [2.05, 4.69) is 10.3 Å². The summed E-state index contributed by atoms with van der Waals surface area (Å²) in [5, 5.41) is 3.01. The van der Waals surface area contributed by atoms with Crippen molar-refractivity contribution in [3.05, 3.63) is 28.9 Å². The fourth-order valence-corrected chi connectivity index (χ4v) is 4.08. The van der Waals surface area contributed by atoms with Gasteiger partial charge in [-0.1, -0.05) is 6.92 Å². The second kappa shape index (κ2) is 9.82. The molecule has 2 heterocycles. The average molecular weight is 390 g/mol. The fourth-order valence-electron chi connectivity index (χ4n) is 4.08. The lowest BCUT2D eigenvalue weighted by Crippen LogP contribution is -2.51. The Kier molecular flexibility index (Phi) is 7.19. The Hall–Kier alpha value is -2.22. The molecule has 2 fully saturated rings. The summed E-state index contributed by atoms with van der Waals surface area (Å²) in [4.78, 5) is 42.5. The van der Waals surface area contributed by atoms with E-state index in [1.807, 2.05) is 11.8 Å². The Balaban J connectivity index is 1.59. The van der Waals surface area contributed by atoms with Crippen molar-refractivity contribution in [1.29, 1.82) is 0 Å². The van der Waals surface area contributed by atoms with E-state index >= 15 is 0 Å². The highest BCUT2D eigenvalue weighted by Gasteiger charge is 2.37. The maximum absolute atomic E-state index is 12.8. The van der Waals surface area contributed by atoms with Crippen molar-refractivity contribution in [2.45, 2.75) is 64.1 Å². The monoisotopic (exact) mass is 390 g/mol.